The zero-order valence-electron chi connectivity index (χ0n) is 22.5. The molecule has 1 saturated heterocycles. The number of nitrogens with one attached hydrogen (secondary N) is 1. The third-order valence-corrected chi connectivity index (χ3v) is 7.12. The van der Waals surface area contributed by atoms with Gasteiger partial charge in [0.15, 0.2) is 0 Å². The Morgan fingerprint density at radius 1 is 1.00 bits per heavy atom. The van der Waals surface area contributed by atoms with Crippen molar-refractivity contribution in [3.05, 3.63) is 69.6 Å². The van der Waals surface area contributed by atoms with E-state index in [4.69, 9.17) is 4.74 Å². The Morgan fingerprint density at radius 3 is 2.47 bits per heavy atom. The molecule has 38 heavy (non-hydrogen) atoms. The molecule has 9 heteroatoms. The van der Waals surface area contributed by atoms with Crippen molar-refractivity contribution in [3.8, 4) is 0 Å². The summed E-state index contributed by atoms with van der Waals surface area (Å²) in [7, 11) is 0. The van der Waals surface area contributed by atoms with E-state index in [9.17, 15) is 14.4 Å². The molecule has 0 spiro atoms. The van der Waals surface area contributed by atoms with Crippen LogP contribution in [0.2, 0.25) is 0 Å². The number of esters is 1. The summed E-state index contributed by atoms with van der Waals surface area (Å²) in [6.07, 6.45) is 0.760. The SMILES string of the molecule is CCOC(=O)Cc1nn(CC(=O)NCCCN2CCN(c3cccc(C)c3C)CC2)c(=O)c2ccccc12. The number of anilines is 1. The first-order valence-corrected chi connectivity index (χ1v) is 13.3. The van der Waals surface area contributed by atoms with Gasteiger partial charge in [-0.1, -0.05) is 30.3 Å². The lowest BCUT2D eigenvalue weighted by Crippen LogP contribution is -2.47. The molecular formula is C29H37N5O4. The zero-order chi connectivity index (χ0) is 27.1. The first-order chi connectivity index (χ1) is 18.4. The minimum absolute atomic E-state index is 0.0625. The standard InChI is InChI=1S/C29H37N5O4/c1-4-38-28(36)19-25-23-10-5-6-11-24(23)29(37)34(31-25)20-27(35)30-13-8-14-32-15-17-33(18-16-32)26-12-7-9-21(2)22(26)3/h5-7,9-12H,4,8,13-20H2,1-3H3,(H,30,35). The van der Waals surface area contributed by atoms with Gasteiger partial charge in [-0.15, -0.1) is 0 Å². The highest BCUT2D eigenvalue weighted by Gasteiger charge is 2.19. The summed E-state index contributed by atoms with van der Waals surface area (Å²) in [6.45, 7) is 11.5. The van der Waals surface area contributed by atoms with E-state index in [1.807, 2.05) is 0 Å². The predicted molar refractivity (Wildman–Crippen MR) is 149 cm³/mol. The van der Waals surface area contributed by atoms with Crippen LogP contribution in [0.5, 0.6) is 0 Å². The summed E-state index contributed by atoms with van der Waals surface area (Å²) < 4.78 is 6.18. The van der Waals surface area contributed by atoms with E-state index in [0.717, 1.165) is 43.8 Å². The van der Waals surface area contributed by atoms with Crippen molar-refractivity contribution in [1.82, 2.24) is 20.0 Å². The van der Waals surface area contributed by atoms with Gasteiger partial charge < -0.3 is 15.0 Å². The molecule has 0 atom stereocenters. The topological polar surface area (TPSA) is 96.8 Å². The van der Waals surface area contributed by atoms with Crippen LogP contribution >= 0.6 is 0 Å². The van der Waals surface area contributed by atoms with Gasteiger partial charge >= 0.3 is 5.97 Å². The number of rotatable bonds is 10. The molecule has 4 rings (SSSR count). The monoisotopic (exact) mass is 519 g/mol. The maximum Gasteiger partial charge on any atom is 0.311 e. The summed E-state index contributed by atoms with van der Waals surface area (Å²) in [5.41, 5.74) is 4.05. The van der Waals surface area contributed by atoms with E-state index in [0.29, 0.717) is 23.0 Å². The van der Waals surface area contributed by atoms with E-state index in [1.54, 1.807) is 31.2 Å². The van der Waals surface area contributed by atoms with Gasteiger partial charge in [0, 0.05) is 43.8 Å². The van der Waals surface area contributed by atoms with Crippen LogP contribution in [0, 0.1) is 13.8 Å². The molecule has 0 radical (unpaired) electrons. The molecule has 1 aliphatic heterocycles. The number of hydrogen-bond acceptors (Lipinski definition) is 7. The molecule has 1 fully saturated rings. The number of hydrogen-bond donors (Lipinski definition) is 1. The van der Waals surface area contributed by atoms with Crippen LogP contribution in [-0.2, 0) is 27.3 Å². The van der Waals surface area contributed by atoms with Crippen molar-refractivity contribution >= 4 is 28.3 Å². The molecule has 1 aliphatic rings. The average molecular weight is 520 g/mol. The van der Waals surface area contributed by atoms with Crippen LogP contribution < -0.4 is 15.8 Å². The number of fused-ring (bicyclic) bond motifs is 1. The summed E-state index contributed by atoms with van der Waals surface area (Å²) >= 11 is 0. The highest BCUT2D eigenvalue weighted by Crippen LogP contribution is 2.23. The molecule has 2 aromatic carbocycles. The number of aromatic nitrogens is 2. The van der Waals surface area contributed by atoms with Crippen molar-refractivity contribution in [2.24, 2.45) is 0 Å². The van der Waals surface area contributed by atoms with Crippen LogP contribution in [0.1, 0.15) is 30.2 Å². The molecule has 1 aromatic heterocycles. The van der Waals surface area contributed by atoms with Gasteiger partial charge in [0.25, 0.3) is 5.56 Å². The predicted octanol–water partition coefficient (Wildman–Crippen LogP) is 2.45. The van der Waals surface area contributed by atoms with Gasteiger partial charge in [-0.3, -0.25) is 19.3 Å². The van der Waals surface area contributed by atoms with Crippen molar-refractivity contribution in [2.45, 2.75) is 40.2 Å². The highest BCUT2D eigenvalue weighted by molar-refractivity contribution is 5.87. The fourth-order valence-electron chi connectivity index (χ4n) is 4.90. The Morgan fingerprint density at radius 2 is 1.74 bits per heavy atom. The second-order valence-corrected chi connectivity index (χ2v) is 9.69. The largest absolute Gasteiger partial charge is 0.466 e. The Kier molecular flexibility index (Phi) is 9.12. The maximum atomic E-state index is 12.9. The van der Waals surface area contributed by atoms with Gasteiger partial charge in [-0.05, 0) is 57.0 Å². The van der Waals surface area contributed by atoms with E-state index in [2.05, 4.69) is 52.3 Å². The van der Waals surface area contributed by atoms with E-state index < -0.39 is 5.97 Å². The molecule has 0 aliphatic carbocycles. The fraction of sp³-hybridized carbons (Fsp3) is 0.448. The number of carbonyl (C=O) groups is 2. The van der Waals surface area contributed by atoms with Crippen LogP contribution in [-0.4, -0.2) is 72.4 Å². The number of nitrogens with zero attached hydrogens (tertiary/aromatic N) is 4. The van der Waals surface area contributed by atoms with Crippen LogP contribution in [0.15, 0.2) is 47.3 Å². The van der Waals surface area contributed by atoms with Crippen LogP contribution in [0.25, 0.3) is 10.8 Å². The lowest BCUT2D eigenvalue weighted by Gasteiger charge is -2.37. The van der Waals surface area contributed by atoms with E-state index in [-0.39, 0.29) is 31.0 Å². The number of ether oxygens (including phenoxy) is 1. The van der Waals surface area contributed by atoms with Crippen molar-refractivity contribution < 1.29 is 14.3 Å². The van der Waals surface area contributed by atoms with Gasteiger partial charge in [0.2, 0.25) is 5.91 Å². The number of benzene rings is 2. The smallest absolute Gasteiger partial charge is 0.311 e. The minimum atomic E-state index is -0.422. The third kappa shape index (κ3) is 6.58. The summed E-state index contributed by atoms with van der Waals surface area (Å²) in [4.78, 5) is 42.5. The van der Waals surface area contributed by atoms with Gasteiger partial charge in [-0.25, -0.2) is 4.68 Å². The number of aryl methyl sites for hydroxylation is 1. The second kappa shape index (κ2) is 12.7. The minimum Gasteiger partial charge on any atom is -0.466 e. The molecule has 1 amide bonds. The lowest BCUT2D eigenvalue weighted by atomic mass is 10.1. The normalized spacial score (nSPS) is 14.0. The maximum absolute atomic E-state index is 12.9. The van der Waals surface area contributed by atoms with Crippen molar-refractivity contribution in [2.75, 3.05) is 50.8 Å². The zero-order valence-corrected chi connectivity index (χ0v) is 22.5. The first-order valence-electron chi connectivity index (χ1n) is 13.3. The van der Waals surface area contributed by atoms with Crippen molar-refractivity contribution in [1.29, 1.82) is 0 Å². The third-order valence-electron chi connectivity index (χ3n) is 7.12. The number of carbonyl (C=O) groups excluding carboxylic acids is 2. The molecular weight excluding hydrogens is 482 g/mol. The summed E-state index contributed by atoms with van der Waals surface area (Å²) in [5, 5.41) is 8.27. The molecule has 9 nitrogen and oxygen atoms in total. The first kappa shape index (κ1) is 27.3. The molecule has 0 saturated carbocycles. The van der Waals surface area contributed by atoms with Crippen LogP contribution in [0.4, 0.5) is 5.69 Å². The van der Waals surface area contributed by atoms with Crippen molar-refractivity contribution in [3.63, 3.8) is 0 Å². The Bertz CT molecular complexity index is 1340. The number of amides is 1. The Balaban J connectivity index is 1.27. The van der Waals surface area contributed by atoms with E-state index in [1.165, 1.54) is 16.8 Å². The van der Waals surface area contributed by atoms with Gasteiger partial charge in [-0.2, -0.15) is 5.10 Å². The quantitative estimate of drug-likeness (QED) is 0.325. The molecule has 3 aromatic rings. The average Bonchev–Trinajstić information content (AvgIpc) is 2.91. The molecule has 0 bridgehead atoms. The lowest BCUT2D eigenvalue weighted by molar-refractivity contribution is -0.142. The molecule has 1 N–H and O–H groups in total. The second-order valence-electron chi connectivity index (χ2n) is 9.69. The Labute approximate surface area is 223 Å². The highest BCUT2D eigenvalue weighted by atomic mass is 16.5. The molecule has 202 valence electrons. The summed E-state index contributed by atoms with van der Waals surface area (Å²) in [5.74, 6) is -0.702. The molecule has 2 heterocycles. The Hall–Kier alpha value is -3.72. The van der Waals surface area contributed by atoms with Gasteiger partial charge in [0.1, 0.15) is 6.54 Å². The molecule has 0 unspecified atom stereocenters. The van der Waals surface area contributed by atoms with Crippen LogP contribution in [0.3, 0.4) is 0 Å². The van der Waals surface area contributed by atoms with E-state index >= 15 is 0 Å². The number of piperazine rings is 1. The summed E-state index contributed by atoms with van der Waals surface area (Å²) in [6, 6.07) is 13.5. The van der Waals surface area contributed by atoms with Gasteiger partial charge in [0.05, 0.1) is 24.1 Å². The fourth-order valence-corrected chi connectivity index (χ4v) is 4.90.